The summed E-state index contributed by atoms with van der Waals surface area (Å²) >= 11 is 0. The summed E-state index contributed by atoms with van der Waals surface area (Å²) in [5.74, 6) is 0.891. The van der Waals surface area contributed by atoms with Crippen molar-refractivity contribution in [1.82, 2.24) is 18.9 Å². The summed E-state index contributed by atoms with van der Waals surface area (Å²) in [5, 5.41) is 0.718. The maximum atomic E-state index is 11.7. The van der Waals surface area contributed by atoms with Crippen LogP contribution >= 0.6 is 0 Å². The summed E-state index contributed by atoms with van der Waals surface area (Å²) in [6.45, 7) is 3.35. The van der Waals surface area contributed by atoms with Gasteiger partial charge in [0.2, 0.25) is 0 Å². The Bertz CT molecular complexity index is 1330. The van der Waals surface area contributed by atoms with Gasteiger partial charge in [0.15, 0.2) is 17.0 Å². The second-order valence-corrected chi connectivity index (χ2v) is 6.41. The van der Waals surface area contributed by atoms with Crippen LogP contribution in [0, 0.1) is 6.92 Å². The van der Waals surface area contributed by atoms with Crippen molar-refractivity contribution in [3.05, 3.63) is 66.6 Å². The molecule has 0 aliphatic carbocycles. The number of aromatic nitrogens is 4. The number of imidazole rings is 1. The van der Waals surface area contributed by atoms with E-state index in [1.54, 1.807) is 6.20 Å². The van der Waals surface area contributed by atoms with Gasteiger partial charge in [0.05, 0.1) is 17.2 Å². The molecule has 0 amide bonds. The number of carbonyl (C=O) groups is 1. The van der Waals surface area contributed by atoms with Crippen molar-refractivity contribution in [3.63, 3.8) is 0 Å². The summed E-state index contributed by atoms with van der Waals surface area (Å²) < 4.78 is 9.45. The largest absolute Gasteiger partial charge is 0.424 e. The van der Waals surface area contributed by atoms with Gasteiger partial charge < -0.3 is 4.74 Å². The normalized spacial score (nSPS) is 11.5. The molecular weight excluding hydrogens is 340 g/mol. The van der Waals surface area contributed by atoms with E-state index in [2.05, 4.69) is 0 Å². The molecule has 27 heavy (non-hydrogen) atoms. The van der Waals surface area contributed by atoms with Gasteiger partial charge in [-0.25, -0.2) is 9.97 Å². The number of carbonyl (C=O) groups excluding carboxylic acids is 1. The molecule has 0 aliphatic heterocycles. The highest BCUT2D eigenvalue weighted by Crippen LogP contribution is 2.34. The Balaban J connectivity index is 1.96. The number of rotatable bonds is 2. The van der Waals surface area contributed by atoms with Crippen LogP contribution in [-0.4, -0.2) is 24.9 Å². The van der Waals surface area contributed by atoms with E-state index in [9.17, 15) is 4.79 Å². The SMILES string of the molecule is CC(=O)Oc1cn(-c2ccccc2)c2nc(C)n3c4ccccc4nc3c12. The molecule has 3 aromatic heterocycles. The highest BCUT2D eigenvalue weighted by Gasteiger charge is 2.21. The van der Waals surface area contributed by atoms with Crippen LogP contribution in [0.1, 0.15) is 12.7 Å². The van der Waals surface area contributed by atoms with Crippen molar-refractivity contribution in [2.75, 3.05) is 0 Å². The first-order valence-electron chi connectivity index (χ1n) is 8.66. The van der Waals surface area contributed by atoms with Gasteiger partial charge in [-0.15, -0.1) is 0 Å². The summed E-state index contributed by atoms with van der Waals surface area (Å²) in [7, 11) is 0. The number of para-hydroxylation sites is 3. The number of aryl methyl sites for hydroxylation is 1. The van der Waals surface area contributed by atoms with E-state index in [1.807, 2.05) is 70.5 Å². The van der Waals surface area contributed by atoms with Crippen LogP contribution in [0.4, 0.5) is 0 Å². The second kappa shape index (κ2) is 5.67. The maximum Gasteiger partial charge on any atom is 0.308 e. The van der Waals surface area contributed by atoms with E-state index in [4.69, 9.17) is 14.7 Å². The summed E-state index contributed by atoms with van der Waals surface area (Å²) in [4.78, 5) is 21.3. The highest BCUT2D eigenvalue weighted by atomic mass is 16.5. The fourth-order valence-corrected chi connectivity index (χ4v) is 3.54. The fourth-order valence-electron chi connectivity index (χ4n) is 3.54. The van der Waals surface area contributed by atoms with Crippen LogP contribution in [-0.2, 0) is 4.79 Å². The van der Waals surface area contributed by atoms with Crippen molar-refractivity contribution < 1.29 is 9.53 Å². The van der Waals surface area contributed by atoms with E-state index in [1.165, 1.54) is 6.92 Å². The van der Waals surface area contributed by atoms with Gasteiger partial charge >= 0.3 is 5.97 Å². The molecule has 0 atom stereocenters. The highest BCUT2D eigenvalue weighted by molar-refractivity contribution is 6.01. The van der Waals surface area contributed by atoms with Gasteiger partial charge in [-0.3, -0.25) is 13.8 Å². The van der Waals surface area contributed by atoms with Crippen LogP contribution in [0.5, 0.6) is 5.75 Å². The minimum absolute atomic E-state index is 0.378. The lowest BCUT2D eigenvalue weighted by Gasteiger charge is -2.06. The van der Waals surface area contributed by atoms with Gasteiger partial charge in [0, 0.05) is 12.6 Å². The van der Waals surface area contributed by atoms with Gasteiger partial charge in [-0.1, -0.05) is 30.3 Å². The van der Waals surface area contributed by atoms with Crippen molar-refractivity contribution >= 4 is 33.7 Å². The van der Waals surface area contributed by atoms with Crippen LogP contribution in [0.2, 0.25) is 0 Å². The molecule has 0 saturated carbocycles. The van der Waals surface area contributed by atoms with Gasteiger partial charge in [0.1, 0.15) is 11.2 Å². The Kier molecular flexibility index (Phi) is 3.27. The Labute approximate surface area is 154 Å². The third-order valence-corrected chi connectivity index (χ3v) is 4.61. The summed E-state index contributed by atoms with van der Waals surface area (Å²) in [6, 6.07) is 17.8. The zero-order valence-electron chi connectivity index (χ0n) is 14.9. The molecular formula is C21H16N4O2. The first-order chi connectivity index (χ1) is 13.1. The van der Waals surface area contributed by atoms with Crippen molar-refractivity contribution in [2.45, 2.75) is 13.8 Å². The van der Waals surface area contributed by atoms with Gasteiger partial charge in [-0.2, -0.15) is 0 Å². The number of benzene rings is 2. The molecule has 0 saturated heterocycles. The molecule has 0 bridgehead atoms. The predicted octanol–water partition coefficient (Wildman–Crippen LogP) is 4.06. The predicted molar refractivity (Wildman–Crippen MR) is 103 cm³/mol. The second-order valence-electron chi connectivity index (χ2n) is 6.41. The van der Waals surface area contributed by atoms with E-state index in [0.29, 0.717) is 11.4 Å². The number of fused-ring (bicyclic) bond motifs is 5. The Morgan fingerprint density at radius 2 is 1.70 bits per heavy atom. The molecule has 6 heteroatoms. The van der Waals surface area contributed by atoms with Crippen molar-refractivity contribution in [3.8, 4) is 11.4 Å². The number of esters is 1. The molecule has 2 aromatic carbocycles. The van der Waals surface area contributed by atoms with Crippen molar-refractivity contribution in [1.29, 1.82) is 0 Å². The van der Waals surface area contributed by atoms with E-state index >= 15 is 0 Å². The molecule has 0 fully saturated rings. The lowest BCUT2D eigenvalue weighted by atomic mass is 10.3. The molecule has 5 aromatic rings. The minimum atomic E-state index is -0.378. The molecule has 0 unspecified atom stereocenters. The van der Waals surface area contributed by atoms with E-state index < -0.39 is 0 Å². The Hall–Kier alpha value is -3.67. The molecule has 0 radical (unpaired) electrons. The molecule has 132 valence electrons. The maximum absolute atomic E-state index is 11.7. The van der Waals surface area contributed by atoms with Crippen molar-refractivity contribution in [2.24, 2.45) is 0 Å². The smallest absolute Gasteiger partial charge is 0.308 e. The summed E-state index contributed by atoms with van der Waals surface area (Å²) in [5.41, 5.74) is 4.22. The quantitative estimate of drug-likeness (QED) is 0.448. The topological polar surface area (TPSA) is 61.4 Å². The molecule has 0 N–H and O–H groups in total. The van der Waals surface area contributed by atoms with Gasteiger partial charge in [-0.05, 0) is 31.2 Å². The van der Waals surface area contributed by atoms with E-state index in [0.717, 1.165) is 33.6 Å². The van der Waals surface area contributed by atoms with Gasteiger partial charge in [0.25, 0.3) is 0 Å². The third-order valence-electron chi connectivity index (χ3n) is 4.61. The first kappa shape index (κ1) is 15.6. The van der Waals surface area contributed by atoms with Crippen LogP contribution in [0.15, 0.2) is 60.8 Å². The fraction of sp³-hybridized carbons (Fsp3) is 0.0952. The van der Waals surface area contributed by atoms with Crippen LogP contribution < -0.4 is 4.74 Å². The summed E-state index contributed by atoms with van der Waals surface area (Å²) in [6.07, 6.45) is 1.80. The zero-order valence-corrected chi connectivity index (χ0v) is 14.9. The Morgan fingerprint density at radius 3 is 2.48 bits per heavy atom. The number of hydrogen-bond acceptors (Lipinski definition) is 4. The van der Waals surface area contributed by atoms with Crippen LogP contribution in [0.3, 0.4) is 0 Å². The molecule has 3 heterocycles. The first-order valence-corrected chi connectivity index (χ1v) is 8.66. The number of nitrogens with zero attached hydrogens (tertiary/aromatic N) is 4. The average molecular weight is 356 g/mol. The average Bonchev–Trinajstić information content (AvgIpc) is 3.21. The lowest BCUT2D eigenvalue weighted by molar-refractivity contribution is -0.131. The third kappa shape index (κ3) is 2.30. The molecule has 5 rings (SSSR count). The monoisotopic (exact) mass is 356 g/mol. The van der Waals surface area contributed by atoms with E-state index in [-0.39, 0.29) is 5.97 Å². The Morgan fingerprint density at radius 1 is 0.963 bits per heavy atom. The molecule has 0 aliphatic rings. The molecule has 6 nitrogen and oxygen atoms in total. The number of hydrogen-bond donors (Lipinski definition) is 0. The van der Waals surface area contributed by atoms with Crippen LogP contribution in [0.25, 0.3) is 33.4 Å². The standard InChI is InChI=1S/C21H16N4O2/c1-13-22-20-19(21-23-16-10-6-7-11-17(16)25(13)21)18(27-14(2)26)12-24(20)15-8-4-3-5-9-15/h3-12H,1-2H3. The lowest BCUT2D eigenvalue weighted by Crippen LogP contribution is -2.02. The molecule has 0 spiro atoms. The zero-order chi connectivity index (χ0) is 18.5. The minimum Gasteiger partial charge on any atom is -0.424 e. The number of ether oxygens (including phenoxy) is 1.